The molecule has 0 fully saturated rings. The molecule has 0 saturated carbocycles. The minimum atomic E-state index is -1.66. The number of carbonyl (C=O) groups is 1. The van der Waals surface area contributed by atoms with Gasteiger partial charge in [0.1, 0.15) is 0 Å². The Morgan fingerprint density at radius 2 is 2.08 bits per heavy atom. The first-order valence-electron chi connectivity index (χ1n) is 3.88. The SMILES string of the molecule is C=C(C)C(=O)NC[Si](C)(C)OC. The van der Waals surface area contributed by atoms with Crippen LogP contribution in [0.15, 0.2) is 12.2 Å². The lowest BCUT2D eigenvalue weighted by Crippen LogP contribution is -2.44. The highest BCUT2D eigenvalue weighted by Crippen LogP contribution is 1.99. The minimum absolute atomic E-state index is 0.0902. The van der Waals surface area contributed by atoms with Gasteiger partial charge in [-0.2, -0.15) is 0 Å². The Labute approximate surface area is 74.9 Å². The van der Waals surface area contributed by atoms with Crippen molar-refractivity contribution in [2.24, 2.45) is 0 Å². The summed E-state index contributed by atoms with van der Waals surface area (Å²) in [6.07, 6.45) is 0.634. The standard InChI is InChI=1S/C8H17NO2Si/c1-7(2)8(10)9-6-12(4,5)11-3/h1,6H2,2-5H3,(H,9,10). The summed E-state index contributed by atoms with van der Waals surface area (Å²) in [6.45, 7) is 9.33. The first kappa shape index (κ1) is 11.4. The molecule has 0 unspecified atom stereocenters. The molecule has 1 amide bonds. The Hall–Kier alpha value is -0.613. The van der Waals surface area contributed by atoms with Crippen LogP contribution in [-0.2, 0) is 9.22 Å². The fourth-order valence-corrected chi connectivity index (χ4v) is 1.25. The van der Waals surface area contributed by atoms with Crippen molar-refractivity contribution in [1.29, 1.82) is 0 Å². The summed E-state index contributed by atoms with van der Waals surface area (Å²) in [5.41, 5.74) is 0.538. The zero-order valence-electron chi connectivity index (χ0n) is 8.23. The summed E-state index contributed by atoms with van der Waals surface area (Å²) in [4.78, 5) is 11.1. The van der Waals surface area contributed by atoms with Crippen LogP contribution in [0.2, 0.25) is 13.1 Å². The van der Waals surface area contributed by atoms with Crippen molar-refractivity contribution in [3.63, 3.8) is 0 Å². The first-order chi connectivity index (χ1) is 5.39. The van der Waals surface area contributed by atoms with Gasteiger partial charge in [-0.3, -0.25) is 4.79 Å². The fourth-order valence-electron chi connectivity index (χ4n) is 0.516. The summed E-state index contributed by atoms with van der Waals surface area (Å²) < 4.78 is 5.26. The summed E-state index contributed by atoms with van der Waals surface area (Å²) in [5.74, 6) is -0.0902. The van der Waals surface area contributed by atoms with Gasteiger partial charge < -0.3 is 9.74 Å². The molecule has 0 aromatic carbocycles. The van der Waals surface area contributed by atoms with Crippen molar-refractivity contribution in [1.82, 2.24) is 5.32 Å². The first-order valence-corrected chi connectivity index (χ1v) is 6.99. The van der Waals surface area contributed by atoms with E-state index >= 15 is 0 Å². The van der Waals surface area contributed by atoms with Gasteiger partial charge in [-0.15, -0.1) is 0 Å². The molecular formula is C8H17NO2Si. The molecular weight excluding hydrogens is 170 g/mol. The third-order valence-electron chi connectivity index (χ3n) is 1.61. The van der Waals surface area contributed by atoms with E-state index in [2.05, 4.69) is 11.9 Å². The number of nitrogens with one attached hydrogen (secondary N) is 1. The molecule has 0 aliphatic carbocycles. The van der Waals surface area contributed by atoms with E-state index in [0.717, 1.165) is 0 Å². The quantitative estimate of drug-likeness (QED) is 0.528. The van der Waals surface area contributed by atoms with Crippen LogP contribution in [0.1, 0.15) is 6.92 Å². The van der Waals surface area contributed by atoms with E-state index in [1.165, 1.54) is 0 Å². The van der Waals surface area contributed by atoms with Crippen molar-refractivity contribution in [2.75, 3.05) is 13.3 Å². The van der Waals surface area contributed by atoms with E-state index < -0.39 is 8.32 Å². The van der Waals surface area contributed by atoms with Crippen LogP contribution in [0.4, 0.5) is 0 Å². The van der Waals surface area contributed by atoms with Crippen LogP contribution in [-0.4, -0.2) is 27.5 Å². The maximum Gasteiger partial charge on any atom is 0.246 e. The molecule has 0 rings (SSSR count). The monoisotopic (exact) mass is 187 g/mol. The Kier molecular flexibility index (Phi) is 4.20. The second-order valence-electron chi connectivity index (χ2n) is 3.43. The molecule has 0 heterocycles. The van der Waals surface area contributed by atoms with Gasteiger partial charge in [-0.05, 0) is 20.0 Å². The molecule has 0 saturated heterocycles. The number of carbonyl (C=O) groups excluding carboxylic acids is 1. The molecule has 1 N–H and O–H groups in total. The molecule has 0 aliphatic rings. The van der Waals surface area contributed by atoms with Gasteiger partial charge in [0, 0.05) is 18.9 Å². The lowest BCUT2D eigenvalue weighted by molar-refractivity contribution is -0.117. The van der Waals surface area contributed by atoms with Crippen LogP contribution in [0.3, 0.4) is 0 Å². The van der Waals surface area contributed by atoms with E-state index in [-0.39, 0.29) is 5.91 Å². The Morgan fingerprint density at radius 3 is 2.42 bits per heavy atom. The van der Waals surface area contributed by atoms with E-state index in [1.54, 1.807) is 14.0 Å². The van der Waals surface area contributed by atoms with E-state index in [9.17, 15) is 4.79 Å². The largest absolute Gasteiger partial charge is 0.419 e. The maximum atomic E-state index is 11.1. The van der Waals surface area contributed by atoms with Gasteiger partial charge in [0.05, 0.1) is 0 Å². The molecule has 0 aromatic heterocycles. The third-order valence-corrected chi connectivity index (χ3v) is 3.75. The molecule has 3 nitrogen and oxygen atoms in total. The van der Waals surface area contributed by atoms with Gasteiger partial charge in [0.2, 0.25) is 14.2 Å². The van der Waals surface area contributed by atoms with Crippen molar-refractivity contribution in [3.8, 4) is 0 Å². The summed E-state index contributed by atoms with van der Waals surface area (Å²) >= 11 is 0. The van der Waals surface area contributed by atoms with E-state index in [1.807, 2.05) is 13.1 Å². The predicted molar refractivity (Wildman–Crippen MR) is 52.3 cm³/mol. The Bertz CT molecular complexity index is 189. The molecule has 0 aromatic rings. The van der Waals surface area contributed by atoms with Gasteiger partial charge >= 0.3 is 0 Å². The predicted octanol–water partition coefficient (Wildman–Crippen LogP) is 1.07. The number of rotatable bonds is 4. The van der Waals surface area contributed by atoms with Crippen molar-refractivity contribution < 1.29 is 9.22 Å². The zero-order chi connectivity index (χ0) is 9.78. The number of hydrogen-bond donors (Lipinski definition) is 1. The minimum Gasteiger partial charge on any atom is -0.419 e. The average Bonchev–Trinajstić information content (AvgIpc) is 2.00. The van der Waals surface area contributed by atoms with Crippen LogP contribution in [0.25, 0.3) is 0 Å². The number of amides is 1. The molecule has 0 radical (unpaired) electrons. The summed E-state index contributed by atoms with van der Waals surface area (Å²) in [6, 6.07) is 0. The molecule has 0 atom stereocenters. The van der Waals surface area contributed by atoms with Gasteiger partial charge in [0.25, 0.3) is 0 Å². The Balaban J connectivity index is 3.83. The smallest absolute Gasteiger partial charge is 0.246 e. The summed E-state index contributed by atoms with van der Waals surface area (Å²) in [7, 11) is 0.0207. The third kappa shape index (κ3) is 4.30. The second kappa shape index (κ2) is 4.42. The molecule has 0 aliphatic heterocycles. The molecule has 12 heavy (non-hydrogen) atoms. The highest BCUT2D eigenvalue weighted by molar-refractivity contribution is 6.71. The molecule has 4 heteroatoms. The van der Waals surface area contributed by atoms with E-state index in [0.29, 0.717) is 11.7 Å². The lowest BCUT2D eigenvalue weighted by atomic mass is 10.3. The lowest BCUT2D eigenvalue weighted by Gasteiger charge is -2.20. The second-order valence-corrected chi connectivity index (χ2v) is 7.71. The van der Waals surface area contributed by atoms with Gasteiger partial charge in [-0.1, -0.05) is 6.58 Å². The van der Waals surface area contributed by atoms with E-state index in [4.69, 9.17) is 4.43 Å². The fraction of sp³-hybridized carbons (Fsp3) is 0.625. The molecule has 70 valence electrons. The zero-order valence-corrected chi connectivity index (χ0v) is 9.23. The van der Waals surface area contributed by atoms with Gasteiger partial charge in [-0.25, -0.2) is 0 Å². The van der Waals surface area contributed by atoms with Crippen LogP contribution in [0.5, 0.6) is 0 Å². The van der Waals surface area contributed by atoms with Crippen LogP contribution in [0, 0.1) is 0 Å². The van der Waals surface area contributed by atoms with Crippen LogP contribution >= 0.6 is 0 Å². The van der Waals surface area contributed by atoms with Crippen molar-refractivity contribution >= 4 is 14.2 Å². The molecule has 0 spiro atoms. The van der Waals surface area contributed by atoms with Gasteiger partial charge in [0.15, 0.2) is 0 Å². The number of hydrogen-bond acceptors (Lipinski definition) is 2. The van der Waals surface area contributed by atoms with Crippen LogP contribution < -0.4 is 5.32 Å². The summed E-state index contributed by atoms with van der Waals surface area (Å²) in [5, 5.41) is 2.77. The Morgan fingerprint density at radius 1 is 1.58 bits per heavy atom. The van der Waals surface area contributed by atoms with Crippen molar-refractivity contribution in [3.05, 3.63) is 12.2 Å². The normalized spacial score (nSPS) is 11.0. The average molecular weight is 187 g/mol. The molecule has 0 bridgehead atoms. The van der Waals surface area contributed by atoms with Crippen molar-refractivity contribution in [2.45, 2.75) is 20.0 Å². The maximum absolute atomic E-state index is 11.1. The highest BCUT2D eigenvalue weighted by Gasteiger charge is 2.21. The topological polar surface area (TPSA) is 38.3 Å². The highest BCUT2D eigenvalue weighted by atomic mass is 28.4.